The summed E-state index contributed by atoms with van der Waals surface area (Å²) in [5.41, 5.74) is 2.80. The van der Waals surface area contributed by atoms with Gasteiger partial charge in [0.1, 0.15) is 0 Å². The number of benzene rings is 1. The van der Waals surface area contributed by atoms with Crippen LogP contribution in [-0.4, -0.2) is 36.9 Å². The summed E-state index contributed by atoms with van der Waals surface area (Å²) in [7, 11) is 3.86. The highest BCUT2D eigenvalue weighted by Gasteiger charge is 2.66. The van der Waals surface area contributed by atoms with E-state index < -0.39 is 17.9 Å². The minimum atomic E-state index is -4.88. The van der Waals surface area contributed by atoms with Crippen LogP contribution in [0.25, 0.3) is 6.08 Å². The van der Waals surface area contributed by atoms with E-state index in [0.717, 1.165) is 11.3 Å². The van der Waals surface area contributed by atoms with Gasteiger partial charge in [-0.1, -0.05) is 17.3 Å². The zero-order chi connectivity index (χ0) is 17.5. The van der Waals surface area contributed by atoms with E-state index in [1.807, 2.05) is 49.3 Å². The molecule has 1 N–H and O–H groups in total. The topological polar surface area (TPSA) is 45.1 Å². The molecule has 2 unspecified atom stereocenters. The fraction of sp³-hybridized carbons (Fsp3) is 0.471. The molecule has 1 aliphatic carbocycles. The van der Waals surface area contributed by atoms with Crippen LogP contribution in [0.3, 0.4) is 0 Å². The lowest BCUT2D eigenvalue weighted by atomic mass is 9.78. The maximum Gasteiger partial charge on any atom is 0.458 e. The molecule has 0 bridgehead atoms. The Kier molecular flexibility index (Phi) is 4.07. The lowest BCUT2D eigenvalue weighted by Crippen LogP contribution is -2.52. The molecule has 1 heterocycles. The molecule has 130 valence electrons. The van der Waals surface area contributed by atoms with Gasteiger partial charge in [0.15, 0.2) is 0 Å². The summed E-state index contributed by atoms with van der Waals surface area (Å²) in [5, 5.41) is 13.5. The van der Waals surface area contributed by atoms with Crippen molar-refractivity contribution in [2.75, 3.05) is 19.0 Å². The predicted octanol–water partition coefficient (Wildman–Crippen LogP) is 3.57. The number of rotatable bonds is 2. The Hall–Kier alpha value is -2.02. The first kappa shape index (κ1) is 16.8. The summed E-state index contributed by atoms with van der Waals surface area (Å²) in [6.07, 6.45) is -1.70. The Morgan fingerprint density at radius 3 is 2.54 bits per heavy atom. The summed E-state index contributed by atoms with van der Waals surface area (Å²) in [4.78, 5) is 6.41. The smallest absolute Gasteiger partial charge is 0.378 e. The van der Waals surface area contributed by atoms with E-state index in [1.54, 1.807) is 0 Å². The van der Waals surface area contributed by atoms with Gasteiger partial charge < -0.3 is 14.8 Å². The van der Waals surface area contributed by atoms with Gasteiger partial charge in [0.2, 0.25) is 0 Å². The summed E-state index contributed by atoms with van der Waals surface area (Å²) in [6, 6.07) is 7.67. The minimum absolute atomic E-state index is 0.200. The molecule has 7 heteroatoms. The molecule has 3 rings (SSSR count). The van der Waals surface area contributed by atoms with Crippen molar-refractivity contribution in [1.82, 2.24) is 0 Å². The van der Waals surface area contributed by atoms with Gasteiger partial charge in [-0.15, -0.1) is 0 Å². The van der Waals surface area contributed by atoms with Crippen molar-refractivity contribution in [3.05, 3.63) is 35.4 Å². The highest BCUT2D eigenvalue weighted by atomic mass is 19.4. The Balaban J connectivity index is 1.88. The van der Waals surface area contributed by atoms with E-state index >= 15 is 0 Å². The molecule has 0 aromatic heterocycles. The third-order valence-corrected chi connectivity index (χ3v) is 4.51. The van der Waals surface area contributed by atoms with Crippen molar-refractivity contribution in [2.45, 2.75) is 31.2 Å². The third-order valence-electron chi connectivity index (χ3n) is 4.51. The van der Waals surface area contributed by atoms with Crippen LogP contribution in [0.15, 0.2) is 35.0 Å². The minimum Gasteiger partial charge on any atom is -0.378 e. The number of hydrogen-bond acceptors (Lipinski definition) is 4. The van der Waals surface area contributed by atoms with Crippen molar-refractivity contribution < 1.29 is 23.1 Å². The van der Waals surface area contributed by atoms with Crippen LogP contribution in [0.1, 0.15) is 24.8 Å². The number of hydrogen-bond donors (Lipinski definition) is 1. The van der Waals surface area contributed by atoms with Crippen LogP contribution < -0.4 is 4.90 Å². The highest BCUT2D eigenvalue weighted by molar-refractivity contribution is 6.06. The molecule has 2 aliphatic rings. The van der Waals surface area contributed by atoms with Crippen molar-refractivity contribution in [1.29, 1.82) is 0 Å². The molecule has 1 saturated carbocycles. The van der Waals surface area contributed by atoms with E-state index in [4.69, 9.17) is 0 Å². The molecule has 4 nitrogen and oxygen atoms in total. The summed E-state index contributed by atoms with van der Waals surface area (Å²) < 4.78 is 39.4. The molecular weight excluding hydrogens is 321 g/mol. The summed E-state index contributed by atoms with van der Waals surface area (Å²) >= 11 is 0. The Morgan fingerprint density at radius 2 is 1.96 bits per heavy atom. The lowest BCUT2D eigenvalue weighted by Gasteiger charge is -2.32. The molecule has 0 saturated heterocycles. The maximum absolute atomic E-state index is 13.1. The first-order valence-electron chi connectivity index (χ1n) is 7.76. The van der Waals surface area contributed by atoms with Gasteiger partial charge in [0.05, 0.1) is 11.6 Å². The molecule has 1 aromatic rings. The lowest BCUT2D eigenvalue weighted by molar-refractivity contribution is -0.370. The Labute approximate surface area is 138 Å². The molecule has 0 amide bonds. The van der Waals surface area contributed by atoms with Crippen LogP contribution in [-0.2, 0) is 4.84 Å². The molecule has 1 fully saturated rings. The number of halogens is 3. The Bertz CT molecular complexity index is 680. The number of anilines is 1. The zero-order valence-electron chi connectivity index (χ0n) is 13.5. The average molecular weight is 340 g/mol. The van der Waals surface area contributed by atoms with Gasteiger partial charge in [0.25, 0.3) is 0 Å². The van der Waals surface area contributed by atoms with Crippen LogP contribution >= 0.6 is 0 Å². The number of aliphatic hydroxyl groups is 1. The molecule has 24 heavy (non-hydrogen) atoms. The third kappa shape index (κ3) is 2.77. The van der Waals surface area contributed by atoms with Crippen molar-refractivity contribution >= 4 is 17.5 Å². The quantitative estimate of drug-likeness (QED) is 0.895. The van der Waals surface area contributed by atoms with Gasteiger partial charge in [-0.3, -0.25) is 0 Å². The highest BCUT2D eigenvalue weighted by Crippen LogP contribution is 2.47. The van der Waals surface area contributed by atoms with Crippen molar-refractivity contribution in [2.24, 2.45) is 11.1 Å². The molecule has 0 spiro atoms. The SMILES string of the molecule is CN(C)c1ccc(/C=C2\CCCC3C2=NOC3(O)C(F)(F)F)cc1. The van der Waals surface area contributed by atoms with Crippen LogP contribution in [0, 0.1) is 5.92 Å². The van der Waals surface area contributed by atoms with E-state index in [0.29, 0.717) is 18.4 Å². The monoisotopic (exact) mass is 340 g/mol. The number of allylic oxidation sites excluding steroid dienone is 1. The normalized spacial score (nSPS) is 28.3. The average Bonchev–Trinajstić information content (AvgIpc) is 2.88. The second-order valence-corrected chi connectivity index (χ2v) is 6.36. The van der Waals surface area contributed by atoms with Crippen molar-refractivity contribution in [3.63, 3.8) is 0 Å². The fourth-order valence-corrected chi connectivity index (χ4v) is 3.14. The maximum atomic E-state index is 13.1. The number of fused-ring (bicyclic) bond motifs is 1. The first-order chi connectivity index (χ1) is 11.2. The van der Waals surface area contributed by atoms with E-state index in [-0.39, 0.29) is 12.1 Å². The Morgan fingerprint density at radius 1 is 1.29 bits per heavy atom. The van der Waals surface area contributed by atoms with Gasteiger partial charge in [-0.2, -0.15) is 13.2 Å². The molecular formula is C17H19F3N2O2. The fourth-order valence-electron chi connectivity index (χ4n) is 3.14. The van der Waals surface area contributed by atoms with Gasteiger partial charge in [0, 0.05) is 19.8 Å². The standard InChI is InChI=1S/C17H19F3N2O2/c1-22(2)13-8-6-11(7-9-13)10-12-4-3-5-14-15(12)21-24-16(14,23)17(18,19)20/h6-10,14,23H,3-5H2,1-2H3/b12-10+. The van der Waals surface area contributed by atoms with Crippen LogP contribution in [0.2, 0.25) is 0 Å². The van der Waals surface area contributed by atoms with E-state index in [1.165, 1.54) is 0 Å². The van der Waals surface area contributed by atoms with Crippen LogP contribution in [0.4, 0.5) is 18.9 Å². The summed E-state index contributed by atoms with van der Waals surface area (Å²) in [5.74, 6) is -4.38. The van der Waals surface area contributed by atoms with E-state index in [9.17, 15) is 18.3 Å². The second-order valence-electron chi connectivity index (χ2n) is 6.36. The number of nitrogens with zero attached hydrogens (tertiary/aromatic N) is 2. The zero-order valence-corrected chi connectivity index (χ0v) is 13.5. The van der Waals surface area contributed by atoms with Gasteiger partial charge in [-0.05, 0) is 48.6 Å². The molecule has 2 atom stereocenters. The largest absolute Gasteiger partial charge is 0.458 e. The van der Waals surface area contributed by atoms with Crippen molar-refractivity contribution in [3.8, 4) is 0 Å². The van der Waals surface area contributed by atoms with Gasteiger partial charge in [-0.25, -0.2) is 0 Å². The van der Waals surface area contributed by atoms with Crippen LogP contribution in [0.5, 0.6) is 0 Å². The second kappa shape index (κ2) is 5.81. The first-order valence-corrected chi connectivity index (χ1v) is 7.76. The number of alkyl halides is 3. The molecule has 1 aliphatic heterocycles. The summed E-state index contributed by atoms with van der Waals surface area (Å²) in [6.45, 7) is 0. The van der Waals surface area contributed by atoms with E-state index in [2.05, 4.69) is 9.99 Å². The predicted molar refractivity (Wildman–Crippen MR) is 85.6 cm³/mol. The number of oxime groups is 1. The van der Waals surface area contributed by atoms with Gasteiger partial charge >= 0.3 is 12.0 Å². The molecule has 1 aromatic carbocycles. The molecule has 0 radical (unpaired) electrons.